The predicted molar refractivity (Wildman–Crippen MR) is 92.5 cm³/mol. The van der Waals surface area contributed by atoms with E-state index in [1.54, 1.807) is 30.5 Å². The van der Waals surface area contributed by atoms with Gasteiger partial charge in [-0.3, -0.25) is 9.78 Å². The third kappa shape index (κ3) is 4.32. The maximum absolute atomic E-state index is 12.2. The summed E-state index contributed by atoms with van der Waals surface area (Å²) in [7, 11) is 1.33. The van der Waals surface area contributed by atoms with Crippen molar-refractivity contribution in [3.63, 3.8) is 0 Å². The van der Waals surface area contributed by atoms with Gasteiger partial charge < -0.3 is 15.4 Å². The molecule has 0 aliphatic carbocycles. The molecule has 0 radical (unpaired) electrons. The number of ether oxygens (including phenoxy) is 1. The molecule has 126 valence electrons. The Morgan fingerprint density at radius 2 is 2.00 bits per heavy atom. The molecule has 0 spiro atoms. The van der Waals surface area contributed by atoms with Crippen LogP contribution in [0.4, 0.5) is 11.4 Å². The third-order valence-corrected chi connectivity index (χ3v) is 3.60. The number of anilines is 2. The quantitative estimate of drug-likeness (QED) is 0.797. The van der Waals surface area contributed by atoms with E-state index in [4.69, 9.17) is 4.74 Å². The fraction of sp³-hybridized carbons (Fsp3) is 0.278. The SMILES string of the molecule is CCC(C)NC(=O)c1cncc(Nc2ccccc2C(=O)OC)c1. The molecular formula is C18H21N3O3. The Hall–Kier alpha value is -2.89. The van der Waals surface area contributed by atoms with Crippen LogP contribution in [0.1, 0.15) is 41.0 Å². The number of aromatic nitrogens is 1. The molecule has 24 heavy (non-hydrogen) atoms. The maximum atomic E-state index is 12.2. The Labute approximate surface area is 141 Å². The van der Waals surface area contributed by atoms with Gasteiger partial charge in [-0.25, -0.2) is 4.79 Å². The normalized spacial score (nSPS) is 11.5. The molecule has 1 heterocycles. The van der Waals surface area contributed by atoms with E-state index in [-0.39, 0.29) is 11.9 Å². The van der Waals surface area contributed by atoms with Crippen LogP contribution in [0.25, 0.3) is 0 Å². The van der Waals surface area contributed by atoms with Gasteiger partial charge in [-0.2, -0.15) is 0 Å². The van der Waals surface area contributed by atoms with Crippen LogP contribution in [-0.4, -0.2) is 30.0 Å². The summed E-state index contributed by atoms with van der Waals surface area (Å²) in [5.41, 5.74) is 2.07. The zero-order valence-corrected chi connectivity index (χ0v) is 14.0. The van der Waals surface area contributed by atoms with E-state index in [2.05, 4.69) is 15.6 Å². The first kappa shape index (κ1) is 17.5. The van der Waals surface area contributed by atoms with Crippen molar-refractivity contribution in [3.8, 4) is 0 Å². The lowest BCUT2D eigenvalue weighted by Crippen LogP contribution is -2.31. The molecule has 1 aromatic carbocycles. The number of benzene rings is 1. The molecule has 2 rings (SSSR count). The first-order valence-corrected chi connectivity index (χ1v) is 7.75. The van der Waals surface area contributed by atoms with Crippen LogP contribution in [0.15, 0.2) is 42.7 Å². The van der Waals surface area contributed by atoms with Crippen molar-refractivity contribution in [2.24, 2.45) is 0 Å². The molecule has 0 bridgehead atoms. The minimum Gasteiger partial charge on any atom is -0.465 e. The van der Waals surface area contributed by atoms with Crippen molar-refractivity contribution in [3.05, 3.63) is 53.9 Å². The number of esters is 1. The summed E-state index contributed by atoms with van der Waals surface area (Å²) in [4.78, 5) is 28.1. The van der Waals surface area contributed by atoms with Gasteiger partial charge in [-0.1, -0.05) is 19.1 Å². The van der Waals surface area contributed by atoms with E-state index in [1.165, 1.54) is 13.3 Å². The van der Waals surface area contributed by atoms with Crippen LogP contribution in [0.3, 0.4) is 0 Å². The topological polar surface area (TPSA) is 80.3 Å². The van der Waals surface area contributed by atoms with Crippen molar-refractivity contribution in [1.82, 2.24) is 10.3 Å². The Morgan fingerprint density at radius 3 is 2.71 bits per heavy atom. The summed E-state index contributed by atoms with van der Waals surface area (Å²) in [5, 5.41) is 6.00. The summed E-state index contributed by atoms with van der Waals surface area (Å²) in [6.07, 6.45) is 3.95. The lowest BCUT2D eigenvalue weighted by atomic mass is 10.1. The predicted octanol–water partition coefficient (Wildman–Crippen LogP) is 3.14. The Balaban J connectivity index is 2.22. The van der Waals surface area contributed by atoms with Gasteiger partial charge in [-0.15, -0.1) is 0 Å². The number of methoxy groups -OCH3 is 1. The highest BCUT2D eigenvalue weighted by Gasteiger charge is 2.13. The molecule has 2 N–H and O–H groups in total. The van der Waals surface area contributed by atoms with E-state index in [0.29, 0.717) is 22.5 Å². The lowest BCUT2D eigenvalue weighted by molar-refractivity contribution is 0.0601. The van der Waals surface area contributed by atoms with E-state index in [1.807, 2.05) is 19.9 Å². The average molecular weight is 327 g/mol. The number of hydrogen-bond donors (Lipinski definition) is 2. The molecule has 6 heteroatoms. The number of carbonyl (C=O) groups is 2. The minimum atomic E-state index is -0.434. The number of para-hydroxylation sites is 1. The first-order valence-electron chi connectivity index (χ1n) is 7.75. The lowest BCUT2D eigenvalue weighted by Gasteiger charge is -2.13. The van der Waals surface area contributed by atoms with Crippen molar-refractivity contribution >= 4 is 23.3 Å². The molecular weight excluding hydrogens is 306 g/mol. The second kappa shape index (κ2) is 8.10. The van der Waals surface area contributed by atoms with Crippen LogP contribution in [-0.2, 0) is 4.74 Å². The van der Waals surface area contributed by atoms with Gasteiger partial charge in [0, 0.05) is 12.2 Å². The van der Waals surface area contributed by atoms with Gasteiger partial charge in [0.25, 0.3) is 5.91 Å². The molecule has 0 aliphatic rings. The number of amides is 1. The summed E-state index contributed by atoms with van der Waals surface area (Å²) < 4.78 is 4.77. The summed E-state index contributed by atoms with van der Waals surface area (Å²) >= 11 is 0. The van der Waals surface area contributed by atoms with Gasteiger partial charge in [0.2, 0.25) is 0 Å². The number of rotatable bonds is 6. The van der Waals surface area contributed by atoms with Crippen LogP contribution >= 0.6 is 0 Å². The maximum Gasteiger partial charge on any atom is 0.339 e. The highest BCUT2D eigenvalue weighted by molar-refractivity contribution is 5.97. The van der Waals surface area contributed by atoms with Crippen molar-refractivity contribution in [2.75, 3.05) is 12.4 Å². The molecule has 0 fully saturated rings. The largest absolute Gasteiger partial charge is 0.465 e. The molecule has 0 saturated carbocycles. The van der Waals surface area contributed by atoms with Crippen LogP contribution in [0.5, 0.6) is 0 Å². The van der Waals surface area contributed by atoms with Gasteiger partial charge >= 0.3 is 5.97 Å². The molecule has 0 aliphatic heterocycles. The highest BCUT2D eigenvalue weighted by atomic mass is 16.5. The Morgan fingerprint density at radius 1 is 1.25 bits per heavy atom. The molecule has 0 saturated heterocycles. The number of pyridine rings is 1. The van der Waals surface area contributed by atoms with E-state index >= 15 is 0 Å². The molecule has 6 nitrogen and oxygen atoms in total. The van der Waals surface area contributed by atoms with E-state index < -0.39 is 5.97 Å². The second-order valence-corrected chi connectivity index (χ2v) is 5.41. The first-order chi connectivity index (χ1) is 11.5. The molecule has 1 atom stereocenters. The molecule has 1 amide bonds. The zero-order chi connectivity index (χ0) is 17.5. The van der Waals surface area contributed by atoms with Crippen molar-refractivity contribution in [1.29, 1.82) is 0 Å². The van der Waals surface area contributed by atoms with Gasteiger partial charge in [-0.05, 0) is 31.5 Å². The molecule has 1 aromatic heterocycles. The smallest absolute Gasteiger partial charge is 0.339 e. The van der Waals surface area contributed by atoms with Crippen molar-refractivity contribution in [2.45, 2.75) is 26.3 Å². The fourth-order valence-corrected chi connectivity index (χ4v) is 2.08. The van der Waals surface area contributed by atoms with E-state index in [9.17, 15) is 9.59 Å². The Bertz CT molecular complexity index is 731. The number of hydrogen-bond acceptors (Lipinski definition) is 5. The summed E-state index contributed by atoms with van der Waals surface area (Å²) in [6, 6.07) is 8.78. The number of carbonyl (C=O) groups excluding carboxylic acids is 2. The third-order valence-electron chi connectivity index (χ3n) is 3.60. The van der Waals surface area contributed by atoms with E-state index in [0.717, 1.165) is 6.42 Å². The average Bonchev–Trinajstić information content (AvgIpc) is 2.61. The minimum absolute atomic E-state index is 0.0918. The van der Waals surface area contributed by atoms with Gasteiger partial charge in [0.05, 0.1) is 35.8 Å². The monoisotopic (exact) mass is 327 g/mol. The molecule has 2 aromatic rings. The highest BCUT2D eigenvalue weighted by Crippen LogP contribution is 2.21. The van der Waals surface area contributed by atoms with Crippen molar-refractivity contribution < 1.29 is 14.3 Å². The standard InChI is InChI=1S/C18H21N3O3/c1-4-12(2)20-17(22)13-9-14(11-19-10-13)21-16-8-6-5-7-15(16)18(23)24-3/h5-12,21H,4H2,1-3H3,(H,20,22). The fourth-order valence-electron chi connectivity index (χ4n) is 2.08. The van der Waals surface area contributed by atoms with Crippen LogP contribution in [0.2, 0.25) is 0 Å². The number of nitrogens with one attached hydrogen (secondary N) is 2. The van der Waals surface area contributed by atoms with Crippen LogP contribution in [0, 0.1) is 0 Å². The van der Waals surface area contributed by atoms with Gasteiger partial charge in [0.15, 0.2) is 0 Å². The second-order valence-electron chi connectivity index (χ2n) is 5.41. The molecule has 1 unspecified atom stereocenters. The number of nitrogens with zero attached hydrogens (tertiary/aromatic N) is 1. The van der Waals surface area contributed by atoms with Crippen LogP contribution < -0.4 is 10.6 Å². The zero-order valence-electron chi connectivity index (χ0n) is 14.0. The summed E-state index contributed by atoms with van der Waals surface area (Å²) in [6.45, 7) is 3.95. The van der Waals surface area contributed by atoms with Gasteiger partial charge in [0.1, 0.15) is 0 Å². The summed E-state index contributed by atoms with van der Waals surface area (Å²) in [5.74, 6) is -0.613. The Kier molecular flexibility index (Phi) is 5.89.